The predicted octanol–water partition coefficient (Wildman–Crippen LogP) is 2.03. The highest BCUT2D eigenvalue weighted by atomic mass is 31.2. The van der Waals surface area contributed by atoms with E-state index in [1.54, 1.807) is 13.8 Å². The minimum atomic E-state index is -2.92. The summed E-state index contributed by atoms with van der Waals surface area (Å²) in [4.78, 5) is 0. The van der Waals surface area contributed by atoms with E-state index in [-0.39, 0.29) is 6.10 Å². The second-order valence-electron chi connectivity index (χ2n) is 3.88. The van der Waals surface area contributed by atoms with E-state index < -0.39 is 7.60 Å². The molecular weight excluding hydrogens is 259 g/mol. The molecule has 0 bridgehead atoms. The van der Waals surface area contributed by atoms with Crippen LogP contribution >= 0.6 is 7.60 Å². The van der Waals surface area contributed by atoms with Gasteiger partial charge >= 0.3 is 7.60 Å². The Balaban J connectivity index is 2.08. The van der Waals surface area contributed by atoms with Gasteiger partial charge in [0.25, 0.3) is 0 Å². The molecule has 1 atom stereocenters. The molecule has 1 heterocycles. The van der Waals surface area contributed by atoms with Crippen molar-refractivity contribution in [3.05, 3.63) is 0 Å². The smallest absolute Gasteiger partial charge is 0.330 e. The van der Waals surface area contributed by atoms with Crippen LogP contribution in [0.5, 0.6) is 0 Å². The van der Waals surface area contributed by atoms with Gasteiger partial charge in [0.2, 0.25) is 0 Å². The molecule has 1 unspecified atom stereocenters. The molecular formula is C11H23O6P. The number of hydrogen-bond acceptors (Lipinski definition) is 6. The molecule has 1 fully saturated rings. The molecule has 0 aromatic carbocycles. The van der Waals surface area contributed by atoms with Gasteiger partial charge in [0.05, 0.1) is 32.6 Å². The quantitative estimate of drug-likeness (QED) is 0.451. The Kier molecular flexibility index (Phi) is 8.06. The molecule has 0 spiro atoms. The second-order valence-corrected chi connectivity index (χ2v) is 6.06. The third-order valence-corrected chi connectivity index (χ3v) is 4.53. The topological polar surface area (TPSA) is 63.2 Å². The van der Waals surface area contributed by atoms with Crippen molar-refractivity contribution in [3.8, 4) is 0 Å². The van der Waals surface area contributed by atoms with Crippen molar-refractivity contribution in [1.29, 1.82) is 0 Å². The first kappa shape index (κ1) is 16.1. The first-order valence-electron chi connectivity index (χ1n) is 6.35. The maximum atomic E-state index is 12.1. The molecule has 1 saturated heterocycles. The van der Waals surface area contributed by atoms with Crippen LogP contribution in [-0.4, -0.2) is 52.1 Å². The van der Waals surface area contributed by atoms with E-state index in [4.69, 9.17) is 23.3 Å². The molecule has 0 aliphatic carbocycles. The molecule has 0 radical (unpaired) electrons. The fourth-order valence-corrected chi connectivity index (χ4v) is 3.24. The zero-order chi connectivity index (χ0) is 13.3. The Morgan fingerprint density at radius 2 is 2.00 bits per heavy atom. The zero-order valence-electron chi connectivity index (χ0n) is 11.1. The molecule has 0 aromatic heterocycles. The monoisotopic (exact) mass is 282 g/mol. The highest BCUT2D eigenvalue weighted by Gasteiger charge is 2.22. The van der Waals surface area contributed by atoms with E-state index in [0.717, 1.165) is 0 Å². The average molecular weight is 282 g/mol. The van der Waals surface area contributed by atoms with Gasteiger partial charge < -0.3 is 23.3 Å². The van der Waals surface area contributed by atoms with Gasteiger partial charge in [-0.15, -0.1) is 0 Å². The van der Waals surface area contributed by atoms with E-state index in [1.165, 1.54) is 0 Å². The van der Waals surface area contributed by atoms with Crippen molar-refractivity contribution in [3.63, 3.8) is 0 Å². The average Bonchev–Trinajstić information content (AvgIpc) is 2.82. The van der Waals surface area contributed by atoms with Gasteiger partial charge in [-0.05, 0) is 20.3 Å². The lowest BCUT2D eigenvalue weighted by Crippen LogP contribution is -2.18. The number of rotatable bonds is 10. The van der Waals surface area contributed by atoms with E-state index in [1.807, 2.05) is 0 Å². The summed E-state index contributed by atoms with van der Waals surface area (Å²) in [5.41, 5.74) is 0. The fraction of sp³-hybridized carbons (Fsp3) is 1.00. The highest BCUT2D eigenvalue weighted by molar-refractivity contribution is 7.53. The minimum absolute atomic E-state index is 0.0237. The van der Waals surface area contributed by atoms with E-state index >= 15 is 0 Å². The van der Waals surface area contributed by atoms with Gasteiger partial charge in [-0.1, -0.05) is 0 Å². The van der Waals surface area contributed by atoms with Crippen LogP contribution in [0.25, 0.3) is 0 Å². The first-order chi connectivity index (χ1) is 8.70. The van der Waals surface area contributed by atoms with Gasteiger partial charge in [0, 0.05) is 6.61 Å². The molecule has 6 nitrogen and oxygen atoms in total. The third kappa shape index (κ3) is 6.27. The Hall–Kier alpha value is 0.0300. The summed E-state index contributed by atoms with van der Waals surface area (Å²) in [5.74, 6) is 0. The summed E-state index contributed by atoms with van der Waals surface area (Å²) in [6.45, 7) is 6.35. The van der Waals surface area contributed by atoms with Gasteiger partial charge in [-0.25, -0.2) is 0 Å². The number of ether oxygens (including phenoxy) is 3. The van der Waals surface area contributed by atoms with Crippen LogP contribution in [-0.2, 0) is 27.8 Å². The lowest BCUT2D eigenvalue weighted by atomic mass is 10.4. The lowest BCUT2D eigenvalue weighted by Gasteiger charge is -2.16. The number of hydrogen-bond donors (Lipinski definition) is 0. The summed E-state index contributed by atoms with van der Waals surface area (Å²) in [6, 6.07) is 0. The zero-order valence-corrected chi connectivity index (χ0v) is 12.0. The van der Waals surface area contributed by atoms with Gasteiger partial charge in [-0.3, -0.25) is 4.57 Å². The predicted molar refractivity (Wildman–Crippen MR) is 66.9 cm³/mol. The normalized spacial score (nSPS) is 20.4. The van der Waals surface area contributed by atoms with Crippen LogP contribution in [0.3, 0.4) is 0 Å². The van der Waals surface area contributed by atoms with E-state index in [0.29, 0.717) is 52.4 Å². The molecule has 108 valence electrons. The summed E-state index contributed by atoms with van der Waals surface area (Å²) < 4.78 is 38.2. The molecule has 0 aromatic rings. The molecule has 0 saturated carbocycles. The molecule has 0 amide bonds. The van der Waals surface area contributed by atoms with Crippen molar-refractivity contribution in [1.82, 2.24) is 0 Å². The fourth-order valence-electron chi connectivity index (χ4n) is 1.60. The summed E-state index contributed by atoms with van der Waals surface area (Å²) in [7, 11) is -2.92. The van der Waals surface area contributed by atoms with Crippen LogP contribution < -0.4 is 0 Å². The molecule has 7 heteroatoms. The summed E-state index contributed by atoms with van der Waals surface area (Å²) in [5, 5.41) is 0. The Labute approximate surface area is 108 Å². The molecule has 18 heavy (non-hydrogen) atoms. The second kappa shape index (κ2) is 9.02. The summed E-state index contributed by atoms with van der Waals surface area (Å²) in [6.07, 6.45) is 1.05. The Bertz CT molecular complexity index is 244. The van der Waals surface area contributed by atoms with Gasteiger partial charge in [-0.2, -0.15) is 0 Å². The largest absolute Gasteiger partial charge is 0.379 e. The van der Waals surface area contributed by atoms with Crippen molar-refractivity contribution < 1.29 is 27.8 Å². The highest BCUT2D eigenvalue weighted by Crippen LogP contribution is 2.48. The molecule has 1 rings (SSSR count). The molecule has 1 aliphatic rings. The first-order valence-corrected chi connectivity index (χ1v) is 8.08. The van der Waals surface area contributed by atoms with Crippen LogP contribution in [0.1, 0.15) is 20.3 Å². The minimum Gasteiger partial charge on any atom is -0.379 e. The van der Waals surface area contributed by atoms with Gasteiger partial charge in [0.15, 0.2) is 0 Å². The maximum absolute atomic E-state index is 12.1. The van der Waals surface area contributed by atoms with Gasteiger partial charge in [0.1, 0.15) is 12.9 Å². The van der Waals surface area contributed by atoms with Crippen LogP contribution in [0.15, 0.2) is 0 Å². The van der Waals surface area contributed by atoms with Crippen molar-refractivity contribution in [2.45, 2.75) is 26.4 Å². The van der Waals surface area contributed by atoms with Crippen molar-refractivity contribution in [2.24, 2.45) is 0 Å². The Morgan fingerprint density at radius 3 is 2.56 bits per heavy atom. The van der Waals surface area contributed by atoms with Crippen molar-refractivity contribution in [2.75, 3.05) is 46.0 Å². The summed E-state index contributed by atoms with van der Waals surface area (Å²) >= 11 is 0. The SMILES string of the molecule is CCOP(=O)(CCCOCC1COCO1)OCC. The molecule has 0 N–H and O–H groups in total. The van der Waals surface area contributed by atoms with Crippen LogP contribution in [0.4, 0.5) is 0 Å². The van der Waals surface area contributed by atoms with Crippen LogP contribution in [0.2, 0.25) is 0 Å². The lowest BCUT2D eigenvalue weighted by molar-refractivity contribution is 0.00531. The third-order valence-electron chi connectivity index (χ3n) is 2.37. The Morgan fingerprint density at radius 1 is 1.28 bits per heavy atom. The van der Waals surface area contributed by atoms with Crippen LogP contribution in [0, 0.1) is 0 Å². The standard InChI is InChI=1S/C11H23O6P/c1-3-16-18(12,17-4-2)7-5-6-13-8-11-9-14-10-15-11/h11H,3-10H2,1-2H3. The van der Waals surface area contributed by atoms with E-state index in [9.17, 15) is 4.57 Å². The van der Waals surface area contributed by atoms with Crippen molar-refractivity contribution >= 4 is 7.60 Å². The molecule has 1 aliphatic heterocycles. The maximum Gasteiger partial charge on any atom is 0.330 e. The van der Waals surface area contributed by atoms with E-state index in [2.05, 4.69) is 0 Å².